The summed E-state index contributed by atoms with van der Waals surface area (Å²) >= 11 is 0. The SMILES string of the molecule is O=C1CN(C(=O)COC(=O)[C@H]2COc3ccccc3O2)c2ccccc2N1. The molecule has 8 nitrogen and oxygen atoms in total. The number of nitrogens with one attached hydrogen (secondary N) is 1. The summed E-state index contributed by atoms with van der Waals surface area (Å²) in [4.78, 5) is 37.8. The first-order chi connectivity index (χ1) is 13.1. The fourth-order valence-electron chi connectivity index (χ4n) is 2.90. The lowest BCUT2D eigenvalue weighted by Crippen LogP contribution is -2.45. The van der Waals surface area contributed by atoms with E-state index in [1.165, 1.54) is 4.90 Å². The Kier molecular flexibility index (Phi) is 4.37. The van der Waals surface area contributed by atoms with Crippen molar-refractivity contribution in [3.63, 3.8) is 0 Å². The summed E-state index contributed by atoms with van der Waals surface area (Å²) in [5, 5.41) is 2.69. The number of hydrogen-bond donors (Lipinski definition) is 1. The van der Waals surface area contributed by atoms with Gasteiger partial charge in [-0.3, -0.25) is 14.5 Å². The first-order valence-corrected chi connectivity index (χ1v) is 8.36. The standard InChI is InChI=1S/C19H16N2O6/c22-17-9-21(13-6-2-1-5-12(13)20-17)18(23)11-26-19(24)16-10-25-14-7-3-4-8-15(14)27-16/h1-8,16H,9-11H2,(H,20,22)/t16-/m1/s1. The number of carbonyl (C=O) groups excluding carboxylic acids is 3. The van der Waals surface area contributed by atoms with E-state index in [0.717, 1.165) is 0 Å². The third kappa shape index (κ3) is 3.41. The summed E-state index contributed by atoms with van der Waals surface area (Å²) in [6.45, 7) is -0.634. The number of rotatable bonds is 3. The average Bonchev–Trinajstić information content (AvgIpc) is 2.70. The summed E-state index contributed by atoms with van der Waals surface area (Å²) in [6.07, 6.45) is -0.954. The predicted octanol–water partition coefficient (Wildman–Crippen LogP) is 1.35. The number of benzene rings is 2. The van der Waals surface area contributed by atoms with E-state index < -0.39 is 24.6 Å². The summed E-state index contributed by atoms with van der Waals surface area (Å²) < 4.78 is 16.1. The van der Waals surface area contributed by atoms with Crippen molar-refractivity contribution in [1.29, 1.82) is 0 Å². The molecule has 0 aromatic heterocycles. The van der Waals surface area contributed by atoms with Gasteiger partial charge in [0.1, 0.15) is 13.2 Å². The molecule has 0 unspecified atom stereocenters. The van der Waals surface area contributed by atoms with Crippen molar-refractivity contribution in [3.8, 4) is 11.5 Å². The first kappa shape index (κ1) is 16.9. The molecule has 138 valence electrons. The van der Waals surface area contributed by atoms with Crippen molar-refractivity contribution in [2.75, 3.05) is 30.0 Å². The molecule has 1 N–H and O–H groups in total. The summed E-state index contributed by atoms with van der Waals surface area (Å²) in [7, 11) is 0. The van der Waals surface area contributed by atoms with E-state index in [1.54, 1.807) is 48.5 Å². The molecule has 2 amide bonds. The van der Waals surface area contributed by atoms with E-state index in [4.69, 9.17) is 14.2 Å². The first-order valence-electron chi connectivity index (χ1n) is 8.36. The van der Waals surface area contributed by atoms with E-state index in [1.807, 2.05) is 0 Å². The summed E-state index contributed by atoms with van der Waals surface area (Å²) in [6, 6.07) is 13.9. The minimum absolute atomic E-state index is 0.00100. The molecule has 0 fully saturated rings. The molecule has 2 aromatic rings. The highest BCUT2D eigenvalue weighted by molar-refractivity contribution is 6.10. The number of amides is 2. The minimum atomic E-state index is -0.954. The van der Waals surface area contributed by atoms with Gasteiger partial charge in [0.15, 0.2) is 18.1 Å². The molecule has 27 heavy (non-hydrogen) atoms. The van der Waals surface area contributed by atoms with Crippen LogP contribution in [0.15, 0.2) is 48.5 Å². The molecular weight excluding hydrogens is 352 g/mol. The zero-order valence-electron chi connectivity index (χ0n) is 14.2. The Bertz CT molecular complexity index is 913. The van der Waals surface area contributed by atoms with Crippen LogP contribution in [0.5, 0.6) is 11.5 Å². The van der Waals surface area contributed by atoms with Crippen LogP contribution in [0.2, 0.25) is 0 Å². The average molecular weight is 368 g/mol. The number of fused-ring (bicyclic) bond motifs is 2. The second-order valence-corrected chi connectivity index (χ2v) is 6.02. The molecule has 2 aliphatic rings. The molecule has 2 aromatic carbocycles. The van der Waals surface area contributed by atoms with Gasteiger partial charge in [-0.05, 0) is 24.3 Å². The lowest BCUT2D eigenvalue weighted by Gasteiger charge is -2.29. The maximum absolute atomic E-state index is 12.5. The maximum Gasteiger partial charge on any atom is 0.351 e. The van der Waals surface area contributed by atoms with Gasteiger partial charge >= 0.3 is 5.97 Å². The molecule has 8 heteroatoms. The van der Waals surface area contributed by atoms with Crippen LogP contribution in [0.3, 0.4) is 0 Å². The van der Waals surface area contributed by atoms with Gasteiger partial charge in [0.05, 0.1) is 11.4 Å². The number of para-hydroxylation sites is 4. The molecule has 4 rings (SSSR count). The van der Waals surface area contributed by atoms with Gasteiger partial charge in [-0.15, -0.1) is 0 Å². The van der Waals surface area contributed by atoms with Gasteiger partial charge < -0.3 is 19.5 Å². The Labute approximate surface area is 154 Å². The van der Waals surface area contributed by atoms with Crippen LogP contribution < -0.4 is 19.7 Å². The monoisotopic (exact) mass is 368 g/mol. The maximum atomic E-state index is 12.5. The largest absolute Gasteiger partial charge is 0.485 e. The quantitative estimate of drug-likeness (QED) is 0.822. The third-order valence-electron chi connectivity index (χ3n) is 4.18. The predicted molar refractivity (Wildman–Crippen MR) is 94.7 cm³/mol. The second-order valence-electron chi connectivity index (χ2n) is 6.02. The normalized spacial score (nSPS) is 17.6. The molecule has 2 aliphatic heterocycles. The van der Waals surface area contributed by atoms with Crippen LogP contribution >= 0.6 is 0 Å². The Hall–Kier alpha value is -3.55. The molecule has 2 heterocycles. The third-order valence-corrected chi connectivity index (χ3v) is 4.18. The highest BCUT2D eigenvalue weighted by Gasteiger charge is 2.31. The molecule has 0 aliphatic carbocycles. The van der Waals surface area contributed by atoms with Gasteiger partial charge in [-0.25, -0.2) is 4.79 Å². The van der Waals surface area contributed by atoms with E-state index >= 15 is 0 Å². The van der Waals surface area contributed by atoms with Crippen molar-refractivity contribution in [2.24, 2.45) is 0 Å². The van der Waals surface area contributed by atoms with Crippen molar-refractivity contribution in [3.05, 3.63) is 48.5 Å². The van der Waals surface area contributed by atoms with Crippen molar-refractivity contribution in [2.45, 2.75) is 6.10 Å². The van der Waals surface area contributed by atoms with Gasteiger partial charge in [0, 0.05) is 0 Å². The number of ether oxygens (including phenoxy) is 3. The number of carbonyl (C=O) groups is 3. The van der Waals surface area contributed by atoms with E-state index in [2.05, 4.69) is 5.32 Å². The van der Waals surface area contributed by atoms with Crippen molar-refractivity contribution < 1.29 is 28.6 Å². The zero-order valence-corrected chi connectivity index (χ0v) is 14.2. The van der Waals surface area contributed by atoms with E-state index in [-0.39, 0.29) is 19.1 Å². The lowest BCUT2D eigenvalue weighted by atomic mass is 10.2. The second kappa shape index (κ2) is 6.99. The minimum Gasteiger partial charge on any atom is -0.485 e. The van der Waals surface area contributed by atoms with Crippen molar-refractivity contribution >= 4 is 29.2 Å². The molecule has 0 spiro atoms. The van der Waals surface area contributed by atoms with E-state index in [0.29, 0.717) is 22.9 Å². The summed E-state index contributed by atoms with van der Waals surface area (Å²) in [5.41, 5.74) is 1.10. The summed E-state index contributed by atoms with van der Waals surface area (Å²) in [5.74, 6) is -0.517. The number of hydrogen-bond acceptors (Lipinski definition) is 6. The smallest absolute Gasteiger partial charge is 0.351 e. The Morgan fingerprint density at radius 3 is 2.70 bits per heavy atom. The van der Waals surface area contributed by atoms with Crippen molar-refractivity contribution in [1.82, 2.24) is 0 Å². The van der Waals surface area contributed by atoms with Gasteiger partial charge in [-0.1, -0.05) is 24.3 Å². The van der Waals surface area contributed by atoms with Gasteiger partial charge in [-0.2, -0.15) is 0 Å². The van der Waals surface area contributed by atoms with Crippen LogP contribution in [0.1, 0.15) is 0 Å². The fourth-order valence-corrected chi connectivity index (χ4v) is 2.90. The highest BCUT2D eigenvalue weighted by Crippen LogP contribution is 2.31. The number of nitrogens with zero attached hydrogens (tertiary/aromatic N) is 1. The van der Waals surface area contributed by atoms with Crippen LogP contribution in [-0.4, -0.2) is 43.6 Å². The number of anilines is 2. The topological polar surface area (TPSA) is 94.2 Å². The van der Waals surface area contributed by atoms with Crippen LogP contribution in [0.25, 0.3) is 0 Å². The zero-order chi connectivity index (χ0) is 18.8. The van der Waals surface area contributed by atoms with Gasteiger partial charge in [0.2, 0.25) is 12.0 Å². The Morgan fingerprint density at radius 1 is 1.11 bits per heavy atom. The molecule has 0 bridgehead atoms. The number of esters is 1. The molecule has 1 atom stereocenters. The Balaban J connectivity index is 1.39. The van der Waals surface area contributed by atoms with E-state index in [9.17, 15) is 14.4 Å². The molecule has 0 saturated carbocycles. The molecule has 0 saturated heterocycles. The van der Waals surface area contributed by atoms with Crippen LogP contribution in [-0.2, 0) is 19.1 Å². The van der Waals surface area contributed by atoms with Crippen LogP contribution in [0, 0.1) is 0 Å². The fraction of sp³-hybridized carbons (Fsp3) is 0.211. The highest BCUT2D eigenvalue weighted by atomic mass is 16.6. The van der Waals surface area contributed by atoms with Crippen LogP contribution in [0.4, 0.5) is 11.4 Å². The van der Waals surface area contributed by atoms with Gasteiger partial charge in [0.25, 0.3) is 5.91 Å². The lowest BCUT2D eigenvalue weighted by molar-refractivity contribution is -0.157. The molecule has 0 radical (unpaired) electrons. The molecular formula is C19H16N2O6. The Morgan fingerprint density at radius 2 is 1.85 bits per heavy atom.